The third-order valence-corrected chi connectivity index (χ3v) is 3.15. The third-order valence-electron chi connectivity index (χ3n) is 2.84. The number of hydrogen-bond acceptors (Lipinski definition) is 3. The maximum Gasteiger partial charge on any atom is 0.161 e. The molecule has 0 heterocycles. The molecular formula is C15H15ClFNO2. The van der Waals surface area contributed by atoms with Gasteiger partial charge in [0.15, 0.2) is 11.5 Å². The van der Waals surface area contributed by atoms with Crippen LogP contribution in [0.3, 0.4) is 0 Å². The van der Waals surface area contributed by atoms with Gasteiger partial charge < -0.3 is 15.2 Å². The van der Waals surface area contributed by atoms with E-state index >= 15 is 0 Å². The monoisotopic (exact) mass is 295 g/mol. The Hall–Kier alpha value is -1.78. The van der Waals surface area contributed by atoms with E-state index in [0.29, 0.717) is 23.6 Å². The molecule has 0 amide bonds. The summed E-state index contributed by atoms with van der Waals surface area (Å²) in [4.78, 5) is 0. The van der Waals surface area contributed by atoms with Gasteiger partial charge in [-0.25, -0.2) is 4.39 Å². The molecule has 3 nitrogen and oxygen atoms in total. The van der Waals surface area contributed by atoms with E-state index in [1.807, 2.05) is 12.1 Å². The zero-order valence-electron chi connectivity index (χ0n) is 11.0. The van der Waals surface area contributed by atoms with Crippen LogP contribution < -0.4 is 15.2 Å². The van der Waals surface area contributed by atoms with Crippen molar-refractivity contribution in [3.05, 3.63) is 58.4 Å². The molecular weight excluding hydrogens is 281 g/mol. The number of ether oxygens (including phenoxy) is 2. The molecule has 0 aromatic heterocycles. The van der Waals surface area contributed by atoms with Crippen molar-refractivity contribution in [2.45, 2.75) is 13.2 Å². The van der Waals surface area contributed by atoms with Crippen LogP contribution in [0.25, 0.3) is 0 Å². The highest BCUT2D eigenvalue weighted by molar-refractivity contribution is 6.30. The van der Waals surface area contributed by atoms with E-state index in [4.69, 9.17) is 26.8 Å². The van der Waals surface area contributed by atoms with Crippen LogP contribution in [0, 0.1) is 5.82 Å². The van der Waals surface area contributed by atoms with Crippen LogP contribution in [0.4, 0.5) is 4.39 Å². The molecule has 20 heavy (non-hydrogen) atoms. The van der Waals surface area contributed by atoms with Crippen LogP contribution in [0.5, 0.6) is 11.5 Å². The van der Waals surface area contributed by atoms with Crippen molar-refractivity contribution in [2.75, 3.05) is 7.11 Å². The Kier molecular flexibility index (Phi) is 4.82. The molecule has 2 aromatic rings. The predicted molar refractivity (Wildman–Crippen MR) is 76.6 cm³/mol. The Morgan fingerprint density at radius 2 is 1.85 bits per heavy atom. The second kappa shape index (κ2) is 6.59. The van der Waals surface area contributed by atoms with Gasteiger partial charge in [0.25, 0.3) is 0 Å². The lowest BCUT2D eigenvalue weighted by Gasteiger charge is -2.12. The van der Waals surface area contributed by atoms with Crippen LogP contribution in [0.15, 0.2) is 36.4 Å². The first-order valence-corrected chi connectivity index (χ1v) is 6.45. The van der Waals surface area contributed by atoms with Crippen molar-refractivity contribution in [1.82, 2.24) is 0 Å². The van der Waals surface area contributed by atoms with Gasteiger partial charge in [-0.15, -0.1) is 0 Å². The molecule has 0 fully saturated rings. The van der Waals surface area contributed by atoms with E-state index < -0.39 is 5.82 Å². The van der Waals surface area contributed by atoms with Crippen molar-refractivity contribution >= 4 is 11.6 Å². The summed E-state index contributed by atoms with van der Waals surface area (Å²) in [5.41, 5.74) is 7.21. The molecule has 5 heteroatoms. The summed E-state index contributed by atoms with van der Waals surface area (Å²) in [7, 11) is 1.56. The first kappa shape index (κ1) is 14.6. The van der Waals surface area contributed by atoms with Crippen LogP contribution in [-0.4, -0.2) is 7.11 Å². The van der Waals surface area contributed by atoms with Gasteiger partial charge in [-0.3, -0.25) is 0 Å². The van der Waals surface area contributed by atoms with Crippen LogP contribution >= 0.6 is 11.6 Å². The van der Waals surface area contributed by atoms with Crippen molar-refractivity contribution in [3.63, 3.8) is 0 Å². The highest BCUT2D eigenvalue weighted by Gasteiger charge is 2.07. The van der Waals surface area contributed by atoms with Gasteiger partial charge in [-0.2, -0.15) is 0 Å². The molecule has 2 N–H and O–H groups in total. The minimum absolute atomic E-state index is 0.0960. The van der Waals surface area contributed by atoms with Crippen LogP contribution in [-0.2, 0) is 13.2 Å². The third kappa shape index (κ3) is 3.40. The number of benzene rings is 2. The van der Waals surface area contributed by atoms with Gasteiger partial charge in [-0.05, 0) is 35.4 Å². The van der Waals surface area contributed by atoms with Gasteiger partial charge in [0.1, 0.15) is 12.4 Å². The number of hydrogen-bond donors (Lipinski definition) is 1. The molecule has 0 atom stereocenters. The zero-order valence-corrected chi connectivity index (χ0v) is 11.8. The number of rotatable bonds is 5. The molecule has 0 aliphatic rings. The van der Waals surface area contributed by atoms with Crippen LogP contribution in [0.1, 0.15) is 11.1 Å². The maximum absolute atomic E-state index is 13.3. The highest BCUT2D eigenvalue weighted by Crippen LogP contribution is 2.29. The quantitative estimate of drug-likeness (QED) is 0.918. The minimum Gasteiger partial charge on any atom is -0.493 e. The van der Waals surface area contributed by atoms with Crippen molar-refractivity contribution in [3.8, 4) is 11.5 Å². The molecule has 0 bridgehead atoms. The summed E-state index contributed by atoms with van der Waals surface area (Å²) in [6.07, 6.45) is 0. The molecule has 106 valence electrons. The second-order valence-corrected chi connectivity index (χ2v) is 4.63. The van der Waals surface area contributed by atoms with Gasteiger partial charge in [0, 0.05) is 6.54 Å². The molecule has 0 saturated heterocycles. The predicted octanol–water partition coefficient (Wildman–Crippen LogP) is 3.53. The zero-order chi connectivity index (χ0) is 14.5. The van der Waals surface area contributed by atoms with Crippen LogP contribution in [0.2, 0.25) is 5.02 Å². The summed E-state index contributed by atoms with van der Waals surface area (Å²) in [5, 5.41) is 0.0960. The molecule has 0 aliphatic heterocycles. The van der Waals surface area contributed by atoms with E-state index in [1.165, 1.54) is 12.1 Å². The van der Waals surface area contributed by atoms with Crippen molar-refractivity contribution in [2.24, 2.45) is 5.73 Å². The first-order chi connectivity index (χ1) is 9.63. The average molecular weight is 296 g/mol. The number of nitrogens with two attached hydrogens (primary N) is 1. The van der Waals surface area contributed by atoms with Gasteiger partial charge >= 0.3 is 0 Å². The molecule has 0 aliphatic carbocycles. The van der Waals surface area contributed by atoms with E-state index in [0.717, 1.165) is 5.56 Å². The molecule has 0 radical (unpaired) electrons. The summed E-state index contributed by atoms with van der Waals surface area (Å²) >= 11 is 5.63. The molecule has 0 unspecified atom stereocenters. The SMILES string of the molecule is COc1cc(CN)ccc1OCc1ccc(Cl)c(F)c1. The Balaban J connectivity index is 2.12. The van der Waals surface area contributed by atoms with E-state index in [2.05, 4.69) is 0 Å². The fourth-order valence-electron chi connectivity index (χ4n) is 1.75. The lowest BCUT2D eigenvalue weighted by Crippen LogP contribution is -2.01. The number of halogens is 2. The highest BCUT2D eigenvalue weighted by atomic mass is 35.5. The second-order valence-electron chi connectivity index (χ2n) is 4.23. The average Bonchev–Trinajstić information content (AvgIpc) is 2.48. The normalized spacial score (nSPS) is 10.4. The van der Waals surface area contributed by atoms with Gasteiger partial charge in [-0.1, -0.05) is 23.7 Å². The minimum atomic E-state index is -0.460. The molecule has 2 rings (SSSR count). The number of methoxy groups -OCH3 is 1. The van der Waals surface area contributed by atoms with Gasteiger partial charge in [0.2, 0.25) is 0 Å². The Morgan fingerprint density at radius 1 is 1.10 bits per heavy atom. The summed E-state index contributed by atoms with van der Waals surface area (Å²) in [6.45, 7) is 0.658. The molecule has 0 spiro atoms. The first-order valence-electron chi connectivity index (χ1n) is 6.07. The maximum atomic E-state index is 13.3. The summed E-state index contributed by atoms with van der Waals surface area (Å²) in [5.74, 6) is 0.723. The van der Waals surface area contributed by atoms with E-state index in [-0.39, 0.29) is 11.6 Å². The van der Waals surface area contributed by atoms with Crippen molar-refractivity contribution < 1.29 is 13.9 Å². The Bertz CT molecular complexity index is 604. The smallest absolute Gasteiger partial charge is 0.161 e. The van der Waals surface area contributed by atoms with Crippen molar-refractivity contribution in [1.29, 1.82) is 0 Å². The fourth-order valence-corrected chi connectivity index (χ4v) is 1.87. The Labute approximate surface area is 122 Å². The lowest BCUT2D eigenvalue weighted by molar-refractivity contribution is 0.284. The van der Waals surface area contributed by atoms with E-state index in [9.17, 15) is 4.39 Å². The molecule has 0 saturated carbocycles. The van der Waals surface area contributed by atoms with Gasteiger partial charge in [0.05, 0.1) is 12.1 Å². The summed E-state index contributed by atoms with van der Waals surface area (Å²) in [6, 6.07) is 10.0. The fraction of sp³-hybridized carbons (Fsp3) is 0.200. The lowest BCUT2D eigenvalue weighted by atomic mass is 10.2. The standard InChI is InChI=1S/C15H15ClFNO2/c1-19-15-7-10(8-18)3-5-14(15)20-9-11-2-4-12(16)13(17)6-11/h2-7H,8-9,18H2,1H3. The largest absolute Gasteiger partial charge is 0.493 e. The summed E-state index contributed by atoms with van der Waals surface area (Å²) < 4.78 is 24.2. The topological polar surface area (TPSA) is 44.5 Å². The molecule has 2 aromatic carbocycles. The van der Waals surface area contributed by atoms with E-state index in [1.54, 1.807) is 19.2 Å². The Morgan fingerprint density at radius 3 is 2.50 bits per heavy atom.